The van der Waals surface area contributed by atoms with Gasteiger partial charge < -0.3 is 0 Å². The molecular formula is C19H26O2. The molecule has 2 nitrogen and oxygen atoms in total. The second kappa shape index (κ2) is 4.30. The number of carbonyl (C=O) groups is 2. The second-order valence-electron chi connectivity index (χ2n) is 8.53. The van der Waals surface area contributed by atoms with E-state index >= 15 is 0 Å². The van der Waals surface area contributed by atoms with Gasteiger partial charge in [-0.05, 0) is 60.8 Å². The number of ketones is 2. The third-order valence-electron chi connectivity index (χ3n) is 7.42. The minimum atomic E-state index is -0.0160. The van der Waals surface area contributed by atoms with E-state index in [0.717, 1.165) is 31.6 Å². The molecule has 0 bridgehead atoms. The van der Waals surface area contributed by atoms with Gasteiger partial charge in [0.25, 0.3) is 0 Å². The Morgan fingerprint density at radius 2 is 1.90 bits per heavy atom. The highest BCUT2D eigenvalue weighted by atomic mass is 16.1. The van der Waals surface area contributed by atoms with E-state index in [2.05, 4.69) is 13.8 Å². The van der Waals surface area contributed by atoms with Crippen LogP contribution in [0.15, 0.2) is 11.6 Å². The van der Waals surface area contributed by atoms with Crippen LogP contribution in [0.4, 0.5) is 0 Å². The highest BCUT2D eigenvalue weighted by molar-refractivity contribution is 5.93. The van der Waals surface area contributed by atoms with Crippen molar-refractivity contribution in [3.63, 3.8) is 0 Å². The Morgan fingerprint density at radius 1 is 1.10 bits per heavy atom. The maximum atomic E-state index is 13.0. The van der Waals surface area contributed by atoms with Gasteiger partial charge in [-0.1, -0.05) is 25.8 Å². The summed E-state index contributed by atoms with van der Waals surface area (Å²) in [5.41, 5.74) is 1.55. The lowest BCUT2D eigenvalue weighted by Gasteiger charge is -2.56. The molecule has 5 atom stereocenters. The highest BCUT2D eigenvalue weighted by Crippen LogP contribution is 2.64. The van der Waals surface area contributed by atoms with E-state index in [1.807, 2.05) is 6.08 Å². The normalized spacial score (nSPS) is 49.2. The standard InChI is InChI=1S/C19H26O2/c1-18-8-3-4-15(18)14-6-5-12-10-13(20)7-9-19(12,2)17(14)16(21)11-18/h10,14-15,17H,3-9,11H2,1-2H3/t14-,15-,17+,18-,19-/m0/s1. The lowest BCUT2D eigenvalue weighted by atomic mass is 9.47. The molecule has 21 heavy (non-hydrogen) atoms. The first-order valence-corrected chi connectivity index (χ1v) is 8.71. The Hall–Kier alpha value is -0.920. The van der Waals surface area contributed by atoms with Crippen LogP contribution in [0.25, 0.3) is 0 Å². The smallest absolute Gasteiger partial charge is 0.155 e. The predicted octanol–water partition coefficient (Wildman–Crippen LogP) is 4.09. The van der Waals surface area contributed by atoms with Crippen molar-refractivity contribution in [1.29, 1.82) is 0 Å². The average molecular weight is 286 g/mol. The van der Waals surface area contributed by atoms with E-state index in [-0.39, 0.29) is 22.5 Å². The molecule has 4 aliphatic rings. The van der Waals surface area contributed by atoms with Crippen molar-refractivity contribution in [2.45, 2.75) is 65.2 Å². The number of hydrogen-bond acceptors (Lipinski definition) is 2. The molecule has 0 radical (unpaired) electrons. The molecule has 0 aliphatic heterocycles. The Balaban J connectivity index is 1.76. The lowest BCUT2D eigenvalue weighted by molar-refractivity contribution is -0.144. The van der Waals surface area contributed by atoms with E-state index in [1.165, 1.54) is 24.8 Å². The summed E-state index contributed by atoms with van der Waals surface area (Å²) in [7, 11) is 0. The van der Waals surface area contributed by atoms with Crippen LogP contribution < -0.4 is 0 Å². The van der Waals surface area contributed by atoms with Crippen LogP contribution in [-0.2, 0) is 9.59 Å². The zero-order chi connectivity index (χ0) is 14.8. The Morgan fingerprint density at radius 3 is 2.71 bits per heavy atom. The molecule has 0 N–H and O–H groups in total. The molecule has 114 valence electrons. The Kier molecular flexibility index (Phi) is 2.81. The molecule has 0 aromatic rings. The molecule has 4 aliphatic carbocycles. The van der Waals surface area contributed by atoms with Crippen molar-refractivity contribution in [1.82, 2.24) is 0 Å². The molecular weight excluding hydrogens is 260 g/mol. The number of carbonyl (C=O) groups excluding carboxylic acids is 2. The molecule has 0 saturated heterocycles. The van der Waals surface area contributed by atoms with Crippen molar-refractivity contribution in [2.75, 3.05) is 0 Å². The van der Waals surface area contributed by atoms with E-state index in [1.54, 1.807) is 0 Å². The fourth-order valence-corrected chi connectivity index (χ4v) is 6.39. The minimum Gasteiger partial charge on any atom is -0.299 e. The van der Waals surface area contributed by atoms with Gasteiger partial charge in [0.05, 0.1) is 0 Å². The number of hydrogen-bond donors (Lipinski definition) is 0. The Labute approximate surface area is 127 Å². The summed E-state index contributed by atoms with van der Waals surface area (Å²) in [6, 6.07) is 0. The van der Waals surface area contributed by atoms with Crippen molar-refractivity contribution >= 4 is 11.6 Å². The van der Waals surface area contributed by atoms with Gasteiger partial charge in [0.15, 0.2) is 5.78 Å². The number of Topliss-reactive ketones (excluding diaryl/α,β-unsaturated/α-hetero) is 1. The zero-order valence-electron chi connectivity index (χ0n) is 13.3. The average Bonchev–Trinajstić information content (AvgIpc) is 2.80. The molecule has 0 aromatic heterocycles. The van der Waals surface area contributed by atoms with Crippen LogP contribution in [-0.4, -0.2) is 11.6 Å². The fourth-order valence-electron chi connectivity index (χ4n) is 6.39. The predicted molar refractivity (Wildman–Crippen MR) is 81.7 cm³/mol. The van der Waals surface area contributed by atoms with Crippen molar-refractivity contribution < 1.29 is 9.59 Å². The lowest BCUT2D eigenvalue weighted by Crippen LogP contribution is -2.53. The third kappa shape index (κ3) is 1.77. The quantitative estimate of drug-likeness (QED) is 0.672. The van der Waals surface area contributed by atoms with Gasteiger partial charge in [-0.25, -0.2) is 0 Å². The zero-order valence-corrected chi connectivity index (χ0v) is 13.3. The molecule has 0 unspecified atom stereocenters. The summed E-state index contributed by atoms with van der Waals surface area (Å²) < 4.78 is 0. The number of allylic oxidation sites excluding steroid dienone is 1. The third-order valence-corrected chi connectivity index (χ3v) is 7.42. The number of rotatable bonds is 0. The van der Waals surface area contributed by atoms with Gasteiger partial charge >= 0.3 is 0 Å². The van der Waals surface area contributed by atoms with Gasteiger partial charge in [0.2, 0.25) is 0 Å². The van der Waals surface area contributed by atoms with Crippen LogP contribution >= 0.6 is 0 Å². The first-order valence-electron chi connectivity index (χ1n) is 8.71. The van der Waals surface area contributed by atoms with Gasteiger partial charge in [0, 0.05) is 18.8 Å². The van der Waals surface area contributed by atoms with Crippen LogP contribution in [0.3, 0.4) is 0 Å². The minimum absolute atomic E-state index is 0.0160. The van der Waals surface area contributed by atoms with E-state index in [9.17, 15) is 9.59 Å². The highest BCUT2D eigenvalue weighted by Gasteiger charge is 2.59. The van der Waals surface area contributed by atoms with Gasteiger partial charge in [-0.3, -0.25) is 9.59 Å². The second-order valence-corrected chi connectivity index (χ2v) is 8.53. The summed E-state index contributed by atoms with van der Waals surface area (Å²) in [4.78, 5) is 24.8. The molecule has 3 fully saturated rings. The summed E-state index contributed by atoms with van der Waals surface area (Å²) >= 11 is 0. The van der Waals surface area contributed by atoms with Crippen molar-refractivity contribution in [2.24, 2.45) is 28.6 Å². The molecule has 3 saturated carbocycles. The van der Waals surface area contributed by atoms with Crippen molar-refractivity contribution in [3.05, 3.63) is 11.6 Å². The van der Waals surface area contributed by atoms with Crippen molar-refractivity contribution in [3.8, 4) is 0 Å². The van der Waals surface area contributed by atoms with Gasteiger partial charge in [-0.2, -0.15) is 0 Å². The first-order chi connectivity index (χ1) is 9.94. The maximum Gasteiger partial charge on any atom is 0.155 e. The fraction of sp³-hybridized carbons (Fsp3) is 0.789. The largest absolute Gasteiger partial charge is 0.299 e. The summed E-state index contributed by atoms with van der Waals surface area (Å²) in [6.45, 7) is 4.63. The van der Waals surface area contributed by atoms with Crippen LogP contribution in [0, 0.1) is 28.6 Å². The summed E-state index contributed by atoms with van der Waals surface area (Å²) in [6.07, 6.45) is 10.2. The molecule has 0 amide bonds. The molecule has 0 aromatic carbocycles. The topological polar surface area (TPSA) is 34.1 Å². The molecule has 0 spiro atoms. The van der Waals surface area contributed by atoms with Crippen LogP contribution in [0.1, 0.15) is 65.2 Å². The SMILES string of the molecule is C[C@@]12CCC[C@H]1[C@@H]1CCC3=CC(=O)CC[C@]3(C)[C@H]1C(=O)C2. The molecule has 4 rings (SSSR count). The van der Waals surface area contributed by atoms with Crippen LogP contribution in [0.5, 0.6) is 0 Å². The van der Waals surface area contributed by atoms with Gasteiger partial charge in [0.1, 0.15) is 5.78 Å². The number of fused-ring (bicyclic) bond motifs is 5. The summed E-state index contributed by atoms with van der Waals surface area (Å²) in [5.74, 6) is 2.30. The monoisotopic (exact) mass is 286 g/mol. The van der Waals surface area contributed by atoms with Gasteiger partial charge in [-0.15, -0.1) is 0 Å². The molecule has 0 heterocycles. The van der Waals surface area contributed by atoms with E-state index in [4.69, 9.17) is 0 Å². The van der Waals surface area contributed by atoms with Crippen LogP contribution in [0.2, 0.25) is 0 Å². The first kappa shape index (κ1) is 13.7. The maximum absolute atomic E-state index is 13.0. The van der Waals surface area contributed by atoms with E-state index in [0.29, 0.717) is 18.1 Å². The summed E-state index contributed by atoms with van der Waals surface area (Å²) in [5, 5.41) is 0. The Bertz CT molecular complexity index is 546. The van der Waals surface area contributed by atoms with E-state index < -0.39 is 0 Å². The molecule has 2 heteroatoms.